The lowest BCUT2D eigenvalue weighted by Gasteiger charge is -2.05. The average molecular weight is 248 g/mol. The first kappa shape index (κ1) is 10.9. The minimum Gasteiger partial charge on any atom is -0.326 e. The third-order valence-corrected chi connectivity index (χ3v) is 4.41. The number of imidazole rings is 1. The van der Waals surface area contributed by atoms with Crippen molar-refractivity contribution in [3.63, 3.8) is 0 Å². The summed E-state index contributed by atoms with van der Waals surface area (Å²) in [6, 6.07) is 1.01. The van der Waals surface area contributed by atoms with E-state index in [1.165, 1.54) is 17.7 Å². The molecule has 0 saturated heterocycles. The van der Waals surface area contributed by atoms with E-state index in [-0.39, 0.29) is 0 Å². The molecular formula is C12H16N4S. The number of hydrogen-bond donors (Lipinski definition) is 1. The first-order valence-electron chi connectivity index (χ1n) is 5.95. The number of nitrogens with one attached hydrogen (secondary N) is 1. The van der Waals surface area contributed by atoms with Gasteiger partial charge in [-0.05, 0) is 26.8 Å². The number of thiazole rings is 1. The van der Waals surface area contributed by atoms with E-state index in [0.29, 0.717) is 12.1 Å². The van der Waals surface area contributed by atoms with Crippen molar-refractivity contribution in [3.05, 3.63) is 23.6 Å². The Morgan fingerprint density at radius 2 is 2.29 bits per heavy atom. The summed E-state index contributed by atoms with van der Waals surface area (Å²) in [5.74, 6) is 0. The van der Waals surface area contributed by atoms with Gasteiger partial charge in [0.25, 0.3) is 0 Å². The predicted octanol–water partition coefficient (Wildman–Crippen LogP) is 2.62. The molecule has 1 aliphatic carbocycles. The molecular weight excluding hydrogens is 232 g/mol. The van der Waals surface area contributed by atoms with E-state index >= 15 is 0 Å². The fourth-order valence-electron chi connectivity index (χ4n) is 1.86. The van der Waals surface area contributed by atoms with Gasteiger partial charge in [0.15, 0.2) is 0 Å². The molecule has 17 heavy (non-hydrogen) atoms. The summed E-state index contributed by atoms with van der Waals surface area (Å²) in [5, 5.41) is 4.31. The van der Waals surface area contributed by atoms with Crippen molar-refractivity contribution < 1.29 is 0 Å². The zero-order valence-corrected chi connectivity index (χ0v) is 10.9. The minimum atomic E-state index is 0.360. The Hall–Kier alpha value is -1.20. The maximum absolute atomic E-state index is 4.52. The van der Waals surface area contributed by atoms with E-state index in [9.17, 15) is 0 Å². The maximum Gasteiger partial charge on any atom is 0.141 e. The summed E-state index contributed by atoms with van der Waals surface area (Å²) in [5.41, 5.74) is 1.16. The molecule has 2 aromatic rings. The molecule has 1 aliphatic rings. The standard InChI is InChI=1S/C12H16N4S/c1-8(13-2)11-6-15-12(17-11)10-5-14-7-16(10)9-3-4-9/h5-9,13H,3-4H2,1-2H3. The summed E-state index contributed by atoms with van der Waals surface area (Å²) >= 11 is 1.75. The highest BCUT2D eigenvalue weighted by Crippen LogP contribution is 2.39. The van der Waals surface area contributed by atoms with Gasteiger partial charge in [0.05, 0.1) is 18.2 Å². The third-order valence-electron chi connectivity index (χ3n) is 3.21. The molecule has 1 unspecified atom stereocenters. The molecule has 1 N–H and O–H groups in total. The SMILES string of the molecule is CNC(C)c1cnc(-c2cncn2C2CC2)s1. The predicted molar refractivity (Wildman–Crippen MR) is 69.1 cm³/mol. The fraction of sp³-hybridized carbons (Fsp3) is 0.500. The molecule has 4 nitrogen and oxygen atoms in total. The number of hydrogen-bond acceptors (Lipinski definition) is 4. The second-order valence-corrected chi connectivity index (χ2v) is 5.56. The van der Waals surface area contributed by atoms with Crippen LogP contribution in [0.3, 0.4) is 0 Å². The highest BCUT2D eigenvalue weighted by Gasteiger charge is 2.26. The van der Waals surface area contributed by atoms with E-state index in [2.05, 4.69) is 26.8 Å². The van der Waals surface area contributed by atoms with Crippen LogP contribution in [0.15, 0.2) is 18.7 Å². The van der Waals surface area contributed by atoms with Gasteiger partial charge in [-0.25, -0.2) is 9.97 Å². The first-order chi connectivity index (χ1) is 8.29. The molecule has 0 aromatic carbocycles. The van der Waals surface area contributed by atoms with Crippen LogP contribution in [0.25, 0.3) is 10.7 Å². The quantitative estimate of drug-likeness (QED) is 0.904. The van der Waals surface area contributed by atoms with E-state index in [0.717, 1.165) is 10.7 Å². The van der Waals surface area contributed by atoms with Crippen molar-refractivity contribution in [2.75, 3.05) is 7.05 Å². The molecule has 0 amide bonds. The van der Waals surface area contributed by atoms with Crippen LogP contribution < -0.4 is 5.32 Å². The van der Waals surface area contributed by atoms with E-state index < -0.39 is 0 Å². The largest absolute Gasteiger partial charge is 0.326 e. The average Bonchev–Trinajstić information content (AvgIpc) is 2.91. The van der Waals surface area contributed by atoms with Crippen LogP contribution in [-0.4, -0.2) is 21.6 Å². The van der Waals surface area contributed by atoms with E-state index in [1.54, 1.807) is 11.3 Å². The molecule has 3 rings (SSSR count). The van der Waals surface area contributed by atoms with Crippen molar-refractivity contribution in [3.8, 4) is 10.7 Å². The van der Waals surface area contributed by atoms with Gasteiger partial charge in [0, 0.05) is 23.2 Å². The van der Waals surface area contributed by atoms with Crippen LogP contribution in [0.5, 0.6) is 0 Å². The Morgan fingerprint density at radius 3 is 3.00 bits per heavy atom. The monoisotopic (exact) mass is 248 g/mol. The van der Waals surface area contributed by atoms with Crippen LogP contribution in [0.4, 0.5) is 0 Å². The Morgan fingerprint density at radius 1 is 1.47 bits per heavy atom. The molecule has 0 spiro atoms. The van der Waals surface area contributed by atoms with Gasteiger partial charge < -0.3 is 9.88 Å². The van der Waals surface area contributed by atoms with Gasteiger partial charge >= 0.3 is 0 Å². The van der Waals surface area contributed by atoms with E-state index in [1.807, 2.05) is 25.8 Å². The van der Waals surface area contributed by atoms with Crippen molar-refractivity contribution in [1.82, 2.24) is 19.9 Å². The molecule has 5 heteroatoms. The lowest BCUT2D eigenvalue weighted by molar-refractivity contribution is 0.662. The molecule has 0 radical (unpaired) electrons. The number of nitrogens with zero attached hydrogens (tertiary/aromatic N) is 3. The van der Waals surface area contributed by atoms with Gasteiger partial charge in [-0.1, -0.05) is 0 Å². The molecule has 1 fully saturated rings. The lowest BCUT2D eigenvalue weighted by Crippen LogP contribution is -2.10. The normalized spacial score (nSPS) is 17.3. The smallest absolute Gasteiger partial charge is 0.141 e. The Balaban J connectivity index is 1.92. The summed E-state index contributed by atoms with van der Waals surface area (Å²) in [7, 11) is 1.97. The van der Waals surface area contributed by atoms with Gasteiger partial charge in [-0.15, -0.1) is 11.3 Å². The highest BCUT2D eigenvalue weighted by molar-refractivity contribution is 7.15. The van der Waals surface area contributed by atoms with Crippen LogP contribution in [0, 0.1) is 0 Å². The number of rotatable bonds is 4. The maximum atomic E-state index is 4.52. The van der Waals surface area contributed by atoms with Gasteiger partial charge in [-0.2, -0.15) is 0 Å². The van der Waals surface area contributed by atoms with Crippen molar-refractivity contribution in [1.29, 1.82) is 0 Å². The summed E-state index contributed by atoms with van der Waals surface area (Å²) in [6.45, 7) is 2.15. The molecule has 0 bridgehead atoms. The molecule has 1 atom stereocenters. The minimum absolute atomic E-state index is 0.360. The third kappa shape index (κ3) is 2.00. The van der Waals surface area contributed by atoms with Gasteiger partial charge in [0.2, 0.25) is 0 Å². The second kappa shape index (κ2) is 4.23. The van der Waals surface area contributed by atoms with Crippen molar-refractivity contribution >= 4 is 11.3 Å². The van der Waals surface area contributed by atoms with Gasteiger partial charge in [0.1, 0.15) is 5.01 Å². The fourth-order valence-corrected chi connectivity index (χ4v) is 2.85. The van der Waals surface area contributed by atoms with Crippen molar-refractivity contribution in [2.24, 2.45) is 0 Å². The summed E-state index contributed by atoms with van der Waals surface area (Å²) < 4.78 is 2.26. The molecule has 1 saturated carbocycles. The van der Waals surface area contributed by atoms with Crippen LogP contribution >= 0.6 is 11.3 Å². The first-order valence-corrected chi connectivity index (χ1v) is 6.76. The zero-order valence-electron chi connectivity index (χ0n) is 10.1. The van der Waals surface area contributed by atoms with Crippen LogP contribution in [0.1, 0.15) is 36.7 Å². The van der Waals surface area contributed by atoms with Gasteiger partial charge in [-0.3, -0.25) is 0 Å². The Kier molecular flexibility index (Phi) is 2.72. The Bertz CT molecular complexity index is 512. The number of aromatic nitrogens is 3. The summed E-state index contributed by atoms with van der Waals surface area (Å²) in [4.78, 5) is 10.0. The van der Waals surface area contributed by atoms with E-state index in [4.69, 9.17) is 0 Å². The van der Waals surface area contributed by atoms with Crippen LogP contribution in [0.2, 0.25) is 0 Å². The molecule has 2 heterocycles. The molecule has 0 aliphatic heterocycles. The lowest BCUT2D eigenvalue weighted by atomic mass is 10.3. The molecule has 90 valence electrons. The second-order valence-electron chi connectivity index (χ2n) is 4.50. The Labute approximate surface area is 105 Å². The topological polar surface area (TPSA) is 42.7 Å². The highest BCUT2D eigenvalue weighted by atomic mass is 32.1. The zero-order chi connectivity index (χ0) is 11.8. The van der Waals surface area contributed by atoms with Crippen LogP contribution in [-0.2, 0) is 0 Å². The van der Waals surface area contributed by atoms with Crippen molar-refractivity contribution in [2.45, 2.75) is 31.8 Å². The molecule has 2 aromatic heterocycles. The summed E-state index contributed by atoms with van der Waals surface area (Å²) in [6.07, 6.45) is 8.36.